The summed E-state index contributed by atoms with van der Waals surface area (Å²) in [4.78, 5) is 43.6. The van der Waals surface area contributed by atoms with Gasteiger partial charge in [0.2, 0.25) is 5.91 Å². The van der Waals surface area contributed by atoms with Gasteiger partial charge in [0.05, 0.1) is 0 Å². The van der Waals surface area contributed by atoms with Crippen molar-refractivity contribution in [2.24, 2.45) is 0 Å². The lowest BCUT2D eigenvalue weighted by Gasteiger charge is -2.35. The number of likely N-dealkylation sites (N-methyl/N-ethyl adjacent to an activating group) is 2. The molecule has 7 heteroatoms. The lowest BCUT2D eigenvalue weighted by Crippen LogP contribution is -2.50. The Morgan fingerprint density at radius 3 is 2.35 bits per heavy atom. The molecule has 1 saturated carbocycles. The summed E-state index contributed by atoms with van der Waals surface area (Å²) in [6, 6.07) is 10.0. The van der Waals surface area contributed by atoms with Crippen LogP contribution >= 0.6 is 0 Å². The molecule has 7 nitrogen and oxygen atoms in total. The van der Waals surface area contributed by atoms with E-state index in [1.807, 2.05) is 18.2 Å². The third-order valence-electron chi connectivity index (χ3n) is 6.96. The highest BCUT2D eigenvalue weighted by Crippen LogP contribution is 2.39. The van der Waals surface area contributed by atoms with Crippen LogP contribution in [-0.2, 0) is 16.0 Å². The third kappa shape index (κ3) is 4.92. The summed E-state index contributed by atoms with van der Waals surface area (Å²) >= 11 is 0. The van der Waals surface area contributed by atoms with Crippen LogP contribution in [0.25, 0.3) is 0 Å². The predicted molar refractivity (Wildman–Crippen MR) is 121 cm³/mol. The van der Waals surface area contributed by atoms with Crippen molar-refractivity contribution in [3.05, 3.63) is 35.9 Å². The fraction of sp³-hybridized carbons (Fsp3) is 0.625. The molecule has 0 radical (unpaired) electrons. The molecule has 1 aromatic rings. The molecule has 1 heterocycles. The van der Waals surface area contributed by atoms with E-state index in [1.165, 1.54) is 5.56 Å². The second-order valence-corrected chi connectivity index (χ2v) is 8.69. The molecule has 1 aliphatic heterocycles. The molecule has 4 amide bonds. The highest BCUT2D eigenvalue weighted by atomic mass is 16.2. The van der Waals surface area contributed by atoms with Crippen molar-refractivity contribution in [1.82, 2.24) is 20.0 Å². The first-order valence-corrected chi connectivity index (χ1v) is 11.6. The summed E-state index contributed by atoms with van der Waals surface area (Å²) in [5, 5.41) is 2.98. The van der Waals surface area contributed by atoms with Gasteiger partial charge in [0.1, 0.15) is 12.1 Å². The number of amides is 4. The number of imide groups is 1. The maximum atomic E-state index is 13.1. The van der Waals surface area contributed by atoms with Gasteiger partial charge in [-0.15, -0.1) is 0 Å². The first kappa shape index (κ1) is 23.3. The Morgan fingerprint density at radius 1 is 1.10 bits per heavy atom. The zero-order valence-corrected chi connectivity index (χ0v) is 19.1. The maximum absolute atomic E-state index is 13.1. The maximum Gasteiger partial charge on any atom is 0.327 e. The van der Waals surface area contributed by atoms with Crippen molar-refractivity contribution in [3.8, 4) is 0 Å². The molecule has 1 unspecified atom stereocenters. The Kier molecular flexibility index (Phi) is 7.70. The van der Waals surface area contributed by atoms with Gasteiger partial charge in [-0.25, -0.2) is 4.79 Å². The number of benzene rings is 1. The summed E-state index contributed by atoms with van der Waals surface area (Å²) in [5.74, 6) is -0.493. The van der Waals surface area contributed by atoms with Gasteiger partial charge in [0.15, 0.2) is 0 Å². The Bertz CT molecular complexity index is 772. The van der Waals surface area contributed by atoms with Gasteiger partial charge in [-0.2, -0.15) is 0 Å². The molecule has 2 aliphatic rings. The van der Waals surface area contributed by atoms with E-state index in [1.54, 1.807) is 11.9 Å². The topological polar surface area (TPSA) is 73.0 Å². The van der Waals surface area contributed by atoms with E-state index in [2.05, 4.69) is 36.2 Å². The van der Waals surface area contributed by atoms with Gasteiger partial charge < -0.3 is 10.2 Å². The molecular weight excluding hydrogens is 392 g/mol. The first-order valence-electron chi connectivity index (χ1n) is 11.6. The van der Waals surface area contributed by atoms with Crippen molar-refractivity contribution in [3.63, 3.8) is 0 Å². The molecule has 1 atom stereocenters. The standard InChI is InChI=1S/C24H36N4O3/c1-4-27(5-2)20(16-19-12-8-6-9-13-19)17-25-21(29)18-28-22(30)24(26(3)23(28)31)14-10-7-11-15-24/h6,8-9,12-13,20H,4-5,7,10-11,14-18H2,1-3H3,(H,25,29). The molecule has 2 fully saturated rings. The minimum absolute atomic E-state index is 0.152. The first-order chi connectivity index (χ1) is 14.9. The smallest absolute Gasteiger partial charge is 0.327 e. The van der Waals surface area contributed by atoms with Gasteiger partial charge >= 0.3 is 6.03 Å². The molecular formula is C24H36N4O3. The molecule has 170 valence electrons. The fourth-order valence-corrected chi connectivity index (χ4v) is 5.06. The van der Waals surface area contributed by atoms with Crippen molar-refractivity contribution < 1.29 is 14.4 Å². The van der Waals surface area contributed by atoms with Crippen molar-refractivity contribution in [1.29, 1.82) is 0 Å². The van der Waals surface area contributed by atoms with Gasteiger partial charge in [0, 0.05) is 19.6 Å². The lowest BCUT2D eigenvalue weighted by molar-refractivity contribution is -0.137. The van der Waals surface area contributed by atoms with Crippen LogP contribution in [0.4, 0.5) is 4.79 Å². The summed E-state index contributed by atoms with van der Waals surface area (Å²) < 4.78 is 0. The molecule has 3 rings (SSSR count). The summed E-state index contributed by atoms with van der Waals surface area (Å²) in [6.45, 7) is 6.28. The van der Waals surface area contributed by atoms with Crippen LogP contribution in [0.2, 0.25) is 0 Å². The number of carbonyl (C=O) groups excluding carboxylic acids is 3. The van der Waals surface area contributed by atoms with Crippen LogP contribution in [0.1, 0.15) is 51.5 Å². The van der Waals surface area contributed by atoms with E-state index in [-0.39, 0.29) is 30.4 Å². The molecule has 1 N–H and O–H groups in total. The highest BCUT2D eigenvalue weighted by molar-refractivity contribution is 6.08. The Balaban J connectivity index is 1.62. The van der Waals surface area contributed by atoms with E-state index in [0.717, 1.165) is 43.7 Å². The van der Waals surface area contributed by atoms with Gasteiger partial charge in [-0.3, -0.25) is 19.4 Å². The summed E-state index contributed by atoms with van der Waals surface area (Å²) in [5.41, 5.74) is 0.478. The van der Waals surface area contributed by atoms with Crippen molar-refractivity contribution in [2.45, 2.75) is 64.0 Å². The lowest BCUT2D eigenvalue weighted by atomic mass is 9.81. The average molecular weight is 429 g/mol. The molecule has 1 aliphatic carbocycles. The van der Waals surface area contributed by atoms with Gasteiger partial charge in [0.25, 0.3) is 5.91 Å². The number of nitrogens with one attached hydrogen (secondary N) is 1. The molecule has 0 aromatic heterocycles. The van der Waals surface area contributed by atoms with E-state index in [0.29, 0.717) is 19.4 Å². The third-order valence-corrected chi connectivity index (χ3v) is 6.96. The van der Waals surface area contributed by atoms with E-state index >= 15 is 0 Å². The highest BCUT2D eigenvalue weighted by Gasteiger charge is 2.55. The zero-order chi connectivity index (χ0) is 22.4. The van der Waals surface area contributed by atoms with Crippen LogP contribution < -0.4 is 5.32 Å². The summed E-state index contributed by atoms with van der Waals surface area (Å²) in [6.07, 6.45) is 5.17. The Labute approximate surface area is 185 Å². The van der Waals surface area contributed by atoms with E-state index < -0.39 is 5.54 Å². The predicted octanol–water partition coefficient (Wildman–Crippen LogP) is 2.65. The number of hydrogen-bond acceptors (Lipinski definition) is 4. The van der Waals surface area contributed by atoms with Crippen LogP contribution in [0, 0.1) is 0 Å². The molecule has 31 heavy (non-hydrogen) atoms. The normalized spacial score (nSPS) is 19.4. The SMILES string of the molecule is CCN(CC)C(CNC(=O)CN1C(=O)N(C)C2(CCCCC2)C1=O)Cc1ccccc1. The molecule has 0 bridgehead atoms. The van der Waals surface area contributed by atoms with Crippen LogP contribution in [0.15, 0.2) is 30.3 Å². The van der Waals surface area contributed by atoms with Crippen molar-refractivity contribution in [2.75, 3.05) is 33.2 Å². The monoisotopic (exact) mass is 428 g/mol. The van der Waals surface area contributed by atoms with Crippen LogP contribution in [-0.4, -0.2) is 77.4 Å². The minimum atomic E-state index is -0.743. The van der Waals surface area contributed by atoms with E-state index in [9.17, 15) is 14.4 Å². The largest absolute Gasteiger partial charge is 0.353 e. The van der Waals surface area contributed by atoms with Gasteiger partial charge in [-0.05, 0) is 37.9 Å². The summed E-state index contributed by atoms with van der Waals surface area (Å²) in [7, 11) is 1.69. The number of nitrogens with zero attached hydrogens (tertiary/aromatic N) is 3. The van der Waals surface area contributed by atoms with Crippen LogP contribution in [0.3, 0.4) is 0 Å². The molecule has 1 spiro atoms. The molecule has 1 aromatic carbocycles. The number of urea groups is 1. The van der Waals surface area contributed by atoms with Gasteiger partial charge in [-0.1, -0.05) is 63.4 Å². The number of rotatable bonds is 9. The quantitative estimate of drug-likeness (QED) is 0.614. The second kappa shape index (κ2) is 10.3. The zero-order valence-electron chi connectivity index (χ0n) is 19.1. The van der Waals surface area contributed by atoms with Crippen molar-refractivity contribution >= 4 is 17.8 Å². The molecule has 1 saturated heterocycles. The number of carbonyl (C=O) groups is 3. The Hall–Kier alpha value is -2.41. The number of hydrogen-bond donors (Lipinski definition) is 1. The second-order valence-electron chi connectivity index (χ2n) is 8.69. The Morgan fingerprint density at radius 2 is 1.74 bits per heavy atom. The van der Waals surface area contributed by atoms with E-state index in [4.69, 9.17) is 0 Å². The van der Waals surface area contributed by atoms with Crippen LogP contribution in [0.5, 0.6) is 0 Å². The minimum Gasteiger partial charge on any atom is -0.353 e. The average Bonchev–Trinajstić information content (AvgIpc) is 2.95. The fourth-order valence-electron chi connectivity index (χ4n) is 5.06.